The van der Waals surface area contributed by atoms with E-state index in [-0.39, 0.29) is 11.7 Å². The summed E-state index contributed by atoms with van der Waals surface area (Å²) in [6.45, 7) is 2.10. The number of hydrogen-bond acceptors (Lipinski definition) is 0. The molecular weight excluding hydrogens is 211 g/mol. The fraction of sp³-hybridized carbons (Fsp3) is 0.125. The molecule has 1 heteroatoms. The minimum absolute atomic E-state index is 0.187. The summed E-state index contributed by atoms with van der Waals surface area (Å²) in [4.78, 5) is 0. The first-order chi connectivity index (χ1) is 8.25. The second kappa shape index (κ2) is 5.44. The molecule has 2 aromatic rings. The Morgan fingerprint density at radius 2 is 1.59 bits per heavy atom. The van der Waals surface area contributed by atoms with Crippen molar-refractivity contribution in [3.63, 3.8) is 0 Å². The molecule has 0 aliphatic carbocycles. The Bertz CT molecular complexity index is 483. The summed E-state index contributed by atoms with van der Waals surface area (Å²) < 4.78 is 12.8. The van der Waals surface area contributed by atoms with E-state index in [0.717, 1.165) is 5.56 Å². The molecule has 0 fully saturated rings. The second-order valence-corrected chi connectivity index (χ2v) is 4.11. The fourth-order valence-electron chi connectivity index (χ4n) is 1.70. The van der Waals surface area contributed by atoms with Crippen LogP contribution in [0.4, 0.5) is 4.39 Å². The molecule has 0 bridgehead atoms. The van der Waals surface area contributed by atoms with Crippen molar-refractivity contribution in [3.8, 4) is 0 Å². The van der Waals surface area contributed by atoms with Gasteiger partial charge in [0.15, 0.2) is 0 Å². The SMILES string of the molecule is C[C@H](/C=C/c1ccccc1)c1ccc(F)cc1. The standard InChI is InChI=1S/C16H15F/c1-13(15-9-11-16(17)12-10-15)7-8-14-5-3-2-4-6-14/h2-13H,1H3/b8-7+/t13-/m1/s1. The quantitative estimate of drug-likeness (QED) is 0.715. The van der Waals surface area contributed by atoms with E-state index in [0.29, 0.717) is 0 Å². The third kappa shape index (κ3) is 3.28. The number of halogens is 1. The van der Waals surface area contributed by atoms with Crippen LogP contribution in [-0.2, 0) is 0 Å². The lowest BCUT2D eigenvalue weighted by Crippen LogP contribution is -1.88. The number of rotatable bonds is 3. The molecular formula is C16H15F. The fourth-order valence-corrected chi connectivity index (χ4v) is 1.70. The van der Waals surface area contributed by atoms with E-state index in [9.17, 15) is 4.39 Å². The normalized spacial score (nSPS) is 12.8. The lowest BCUT2D eigenvalue weighted by Gasteiger charge is -2.06. The van der Waals surface area contributed by atoms with Gasteiger partial charge in [-0.05, 0) is 29.2 Å². The van der Waals surface area contributed by atoms with Crippen molar-refractivity contribution < 1.29 is 4.39 Å². The van der Waals surface area contributed by atoms with Crippen LogP contribution >= 0.6 is 0 Å². The summed E-state index contributed by atoms with van der Waals surface area (Å²) in [5.41, 5.74) is 2.31. The van der Waals surface area contributed by atoms with Gasteiger partial charge in [0.1, 0.15) is 5.82 Å². The van der Waals surface area contributed by atoms with Gasteiger partial charge >= 0.3 is 0 Å². The van der Waals surface area contributed by atoms with E-state index < -0.39 is 0 Å². The first kappa shape index (κ1) is 11.6. The third-order valence-electron chi connectivity index (χ3n) is 2.77. The molecule has 0 saturated carbocycles. The van der Waals surface area contributed by atoms with Gasteiger partial charge in [0, 0.05) is 0 Å². The monoisotopic (exact) mass is 226 g/mol. The van der Waals surface area contributed by atoms with Crippen molar-refractivity contribution in [2.45, 2.75) is 12.8 Å². The van der Waals surface area contributed by atoms with Gasteiger partial charge in [-0.15, -0.1) is 0 Å². The van der Waals surface area contributed by atoms with Gasteiger partial charge in [-0.25, -0.2) is 4.39 Å². The molecule has 0 heterocycles. The summed E-state index contributed by atoms with van der Waals surface area (Å²) in [7, 11) is 0. The Balaban J connectivity index is 2.09. The predicted octanol–water partition coefficient (Wildman–Crippen LogP) is 4.64. The topological polar surface area (TPSA) is 0 Å². The van der Waals surface area contributed by atoms with Crippen molar-refractivity contribution in [1.29, 1.82) is 0 Å². The highest BCUT2D eigenvalue weighted by Gasteiger charge is 2.00. The summed E-state index contributed by atoms with van der Waals surface area (Å²) in [6.07, 6.45) is 4.22. The van der Waals surface area contributed by atoms with E-state index in [1.54, 1.807) is 0 Å². The van der Waals surface area contributed by atoms with Gasteiger partial charge in [0.25, 0.3) is 0 Å². The molecule has 0 N–H and O–H groups in total. The average Bonchev–Trinajstić information content (AvgIpc) is 2.38. The van der Waals surface area contributed by atoms with Gasteiger partial charge in [-0.2, -0.15) is 0 Å². The van der Waals surface area contributed by atoms with Crippen LogP contribution in [0.2, 0.25) is 0 Å². The highest BCUT2D eigenvalue weighted by atomic mass is 19.1. The molecule has 0 nitrogen and oxygen atoms in total. The molecule has 17 heavy (non-hydrogen) atoms. The zero-order chi connectivity index (χ0) is 12.1. The maximum absolute atomic E-state index is 12.8. The van der Waals surface area contributed by atoms with Gasteiger partial charge in [-0.1, -0.05) is 61.5 Å². The van der Waals surface area contributed by atoms with E-state index in [4.69, 9.17) is 0 Å². The summed E-state index contributed by atoms with van der Waals surface area (Å²) >= 11 is 0. The van der Waals surface area contributed by atoms with Crippen molar-refractivity contribution in [2.24, 2.45) is 0 Å². The third-order valence-corrected chi connectivity index (χ3v) is 2.77. The molecule has 0 spiro atoms. The highest BCUT2D eigenvalue weighted by molar-refractivity contribution is 5.50. The lowest BCUT2D eigenvalue weighted by atomic mass is 10.00. The van der Waals surface area contributed by atoms with E-state index in [1.807, 2.05) is 30.3 Å². The van der Waals surface area contributed by atoms with Crippen LogP contribution < -0.4 is 0 Å². The molecule has 2 rings (SSSR count). The maximum Gasteiger partial charge on any atom is 0.123 e. The van der Waals surface area contributed by atoms with Gasteiger partial charge < -0.3 is 0 Å². The molecule has 0 unspecified atom stereocenters. The molecule has 0 saturated heterocycles. The zero-order valence-corrected chi connectivity index (χ0v) is 9.81. The summed E-state index contributed by atoms with van der Waals surface area (Å²) in [5, 5.41) is 0. The van der Waals surface area contributed by atoms with E-state index in [1.165, 1.54) is 17.7 Å². The molecule has 0 aliphatic rings. The van der Waals surface area contributed by atoms with E-state index >= 15 is 0 Å². The number of allylic oxidation sites excluding steroid dienone is 1. The molecule has 1 atom stereocenters. The lowest BCUT2D eigenvalue weighted by molar-refractivity contribution is 0.626. The Hall–Kier alpha value is -1.89. The average molecular weight is 226 g/mol. The van der Waals surface area contributed by atoms with Crippen LogP contribution in [0.15, 0.2) is 60.7 Å². The van der Waals surface area contributed by atoms with Crippen molar-refractivity contribution in [3.05, 3.63) is 77.6 Å². The second-order valence-electron chi connectivity index (χ2n) is 4.11. The number of benzene rings is 2. The Morgan fingerprint density at radius 3 is 2.24 bits per heavy atom. The van der Waals surface area contributed by atoms with E-state index in [2.05, 4.69) is 31.2 Å². The molecule has 86 valence electrons. The molecule has 0 radical (unpaired) electrons. The molecule has 2 aromatic carbocycles. The van der Waals surface area contributed by atoms with Crippen LogP contribution in [0.3, 0.4) is 0 Å². The van der Waals surface area contributed by atoms with Crippen LogP contribution in [0.1, 0.15) is 24.0 Å². The van der Waals surface area contributed by atoms with Crippen molar-refractivity contribution >= 4 is 6.08 Å². The zero-order valence-electron chi connectivity index (χ0n) is 9.81. The first-order valence-corrected chi connectivity index (χ1v) is 5.74. The van der Waals surface area contributed by atoms with Crippen LogP contribution in [0.25, 0.3) is 6.08 Å². The Kier molecular flexibility index (Phi) is 3.71. The maximum atomic E-state index is 12.8. The Labute approximate surface area is 101 Å². The van der Waals surface area contributed by atoms with Crippen LogP contribution in [0.5, 0.6) is 0 Å². The van der Waals surface area contributed by atoms with Crippen LogP contribution in [-0.4, -0.2) is 0 Å². The minimum atomic E-state index is -0.187. The molecule has 0 aromatic heterocycles. The largest absolute Gasteiger partial charge is 0.207 e. The van der Waals surface area contributed by atoms with Gasteiger partial charge in [-0.3, -0.25) is 0 Å². The molecule has 0 amide bonds. The highest BCUT2D eigenvalue weighted by Crippen LogP contribution is 2.18. The van der Waals surface area contributed by atoms with Crippen LogP contribution in [0, 0.1) is 5.82 Å². The predicted molar refractivity (Wildman–Crippen MR) is 70.3 cm³/mol. The minimum Gasteiger partial charge on any atom is -0.207 e. The van der Waals surface area contributed by atoms with Gasteiger partial charge in [0.2, 0.25) is 0 Å². The molecule has 0 aliphatic heterocycles. The van der Waals surface area contributed by atoms with Crippen molar-refractivity contribution in [1.82, 2.24) is 0 Å². The first-order valence-electron chi connectivity index (χ1n) is 5.74. The summed E-state index contributed by atoms with van der Waals surface area (Å²) in [6, 6.07) is 16.8. The Morgan fingerprint density at radius 1 is 0.941 bits per heavy atom. The summed E-state index contributed by atoms with van der Waals surface area (Å²) in [5.74, 6) is 0.101. The number of hydrogen-bond donors (Lipinski definition) is 0. The van der Waals surface area contributed by atoms with Gasteiger partial charge in [0.05, 0.1) is 0 Å². The smallest absolute Gasteiger partial charge is 0.123 e. The van der Waals surface area contributed by atoms with Crippen molar-refractivity contribution in [2.75, 3.05) is 0 Å².